The summed E-state index contributed by atoms with van der Waals surface area (Å²) in [4.78, 5) is 0.306. The number of rotatable bonds is 5. The molecule has 1 aliphatic rings. The zero-order valence-corrected chi connectivity index (χ0v) is 14.0. The molecule has 0 radical (unpaired) electrons. The van der Waals surface area contributed by atoms with Crippen molar-refractivity contribution < 1.29 is 8.42 Å². The summed E-state index contributed by atoms with van der Waals surface area (Å²) in [6.45, 7) is 2.23. The molecule has 1 aliphatic carbocycles. The van der Waals surface area contributed by atoms with Gasteiger partial charge in [0.05, 0.1) is 15.7 Å². The van der Waals surface area contributed by atoms with Gasteiger partial charge >= 0.3 is 0 Å². The van der Waals surface area contributed by atoms with Gasteiger partial charge in [-0.15, -0.1) is 0 Å². The van der Waals surface area contributed by atoms with Crippen LogP contribution in [-0.4, -0.2) is 25.8 Å². The highest BCUT2D eigenvalue weighted by molar-refractivity contribution is 7.92. The Kier molecular flexibility index (Phi) is 4.04. The number of hydrogen-bond acceptors (Lipinski definition) is 4. The van der Waals surface area contributed by atoms with Crippen LogP contribution in [0, 0.1) is 0 Å². The Hall–Kier alpha value is -1.69. The van der Waals surface area contributed by atoms with Crippen molar-refractivity contribution in [3.63, 3.8) is 0 Å². The molecule has 0 aromatic heterocycles. The van der Waals surface area contributed by atoms with Crippen molar-refractivity contribution in [2.45, 2.75) is 34.9 Å². The van der Waals surface area contributed by atoms with Crippen molar-refractivity contribution in [3.05, 3.63) is 65.7 Å². The van der Waals surface area contributed by atoms with E-state index in [-0.39, 0.29) is 12.5 Å². The highest BCUT2D eigenvalue weighted by Gasteiger charge is 2.68. The Morgan fingerprint density at radius 3 is 2.17 bits per heavy atom. The Morgan fingerprint density at radius 1 is 1.04 bits per heavy atom. The van der Waals surface area contributed by atoms with Crippen LogP contribution < -0.4 is 11.5 Å². The minimum absolute atomic E-state index is 0.143. The zero-order valence-electron chi connectivity index (χ0n) is 13.1. The lowest BCUT2D eigenvalue weighted by atomic mass is 10.0. The van der Waals surface area contributed by atoms with E-state index in [1.807, 2.05) is 24.3 Å². The predicted octanol–water partition coefficient (Wildman–Crippen LogP) is 1.84. The second kappa shape index (κ2) is 5.74. The minimum atomic E-state index is -3.50. The van der Waals surface area contributed by atoms with Crippen molar-refractivity contribution in [2.75, 3.05) is 6.54 Å². The van der Waals surface area contributed by atoms with Crippen LogP contribution in [0.4, 0.5) is 0 Å². The fraction of sp³-hybridized carbons (Fsp3) is 0.333. The van der Waals surface area contributed by atoms with Gasteiger partial charge < -0.3 is 11.5 Å². The van der Waals surface area contributed by atoms with Crippen molar-refractivity contribution in [2.24, 2.45) is 11.5 Å². The van der Waals surface area contributed by atoms with Gasteiger partial charge in [-0.1, -0.05) is 49.4 Å². The molecule has 0 amide bonds. The summed E-state index contributed by atoms with van der Waals surface area (Å²) in [6.07, 6.45) is 0.946. The van der Waals surface area contributed by atoms with Gasteiger partial charge in [0, 0.05) is 12.5 Å². The van der Waals surface area contributed by atoms with E-state index in [9.17, 15) is 8.42 Å². The van der Waals surface area contributed by atoms with Gasteiger partial charge in [0.25, 0.3) is 0 Å². The maximum Gasteiger partial charge on any atom is 0.183 e. The molecule has 2 aromatic rings. The molecule has 3 rings (SSSR count). The number of benzene rings is 2. The molecular formula is C18H22N2O2S. The van der Waals surface area contributed by atoms with E-state index in [1.54, 1.807) is 30.3 Å². The summed E-state index contributed by atoms with van der Waals surface area (Å²) in [7, 11) is -3.50. The Morgan fingerprint density at radius 2 is 1.65 bits per heavy atom. The highest BCUT2D eigenvalue weighted by Crippen LogP contribution is 2.55. The third kappa shape index (κ3) is 2.59. The van der Waals surface area contributed by atoms with Crippen molar-refractivity contribution >= 4 is 9.84 Å². The van der Waals surface area contributed by atoms with E-state index in [2.05, 4.69) is 6.92 Å². The molecule has 3 atom stereocenters. The van der Waals surface area contributed by atoms with E-state index < -0.39 is 20.6 Å². The molecular weight excluding hydrogens is 308 g/mol. The quantitative estimate of drug-likeness (QED) is 0.876. The predicted molar refractivity (Wildman–Crippen MR) is 91.9 cm³/mol. The van der Waals surface area contributed by atoms with Gasteiger partial charge in [-0.2, -0.15) is 0 Å². The topological polar surface area (TPSA) is 86.2 Å². The third-order valence-electron chi connectivity index (χ3n) is 4.81. The van der Waals surface area contributed by atoms with Crippen LogP contribution in [0.15, 0.2) is 59.5 Å². The summed E-state index contributed by atoms with van der Waals surface area (Å²) >= 11 is 0. The molecule has 4 nitrogen and oxygen atoms in total. The van der Waals surface area contributed by atoms with Crippen molar-refractivity contribution in [3.8, 4) is 0 Å². The highest BCUT2D eigenvalue weighted by atomic mass is 32.2. The second-order valence-corrected chi connectivity index (χ2v) is 8.24. The van der Waals surface area contributed by atoms with Crippen molar-refractivity contribution in [1.29, 1.82) is 0 Å². The number of sulfone groups is 1. The van der Waals surface area contributed by atoms with Crippen LogP contribution in [0.25, 0.3) is 0 Å². The molecule has 0 aliphatic heterocycles. The fourth-order valence-corrected chi connectivity index (χ4v) is 5.68. The largest absolute Gasteiger partial charge is 0.329 e. The first-order chi connectivity index (χ1) is 10.9. The molecule has 0 bridgehead atoms. The average molecular weight is 330 g/mol. The lowest BCUT2D eigenvalue weighted by molar-refractivity contribution is 0.586. The van der Waals surface area contributed by atoms with Crippen LogP contribution in [0.3, 0.4) is 0 Å². The summed E-state index contributed by atoms with van der Waals surface area (Å²) in [5.74, 6) is -0.261. The van der Waals surface area contributed by atoms with E-state index in [4.69, 9.17) is 11.5 Å². The van der Waals surface area contributed by atoms with Crippen LogP contribution in [0.5, 0.6) is 0 Å². The smallest absolute Gasteiger partial charge is 0.183 e. The fourth-order valence-electron chi connectivity index (χ4n) is 3.34. The lowest BCUT2D eigenvalue weighted by Crippen LogP contribution is -2.39. The van der Waals surface area contributed by atoms with Gasteiger partial charge in [-0.3, -0.25) is 0 Å². The van der Waals surface area contributed by atoms with Gasteiger partial charge in [-0.25, -0.2) is 8.42 Å². The maximum absolute atomic E-state index is 12.9. The van der Waals surface area contributed by atoms with E-state index in [0.29, 0.717) is 4.90 Å². The van der Waals surface area contributed by atoms with Crippen molar-refractivity contribution in [1.82, 2.24) is 0 Å². The summed E-state index contributed by atoms with van der Waals surface area (Å²) in [5.41, 5.74) is 13.4. The van der Waals surface area contributed by atoms with Gasteiger partial charge in [0.15, 0.2) is 9.84 Å². The first-order valence-electron chi connectivity index (χ1n) is 7.82. The van der Waals surface area contributed by atoms with Crippen LogP contribution >= 0.6 is 0 Å². The van der Waals surface area contributed by atoms with Gasteiger partial charge in [0.2, 0.25) is 0 Å². The first kappa shape index (κ1) is 16.2. The lowest BCUT2D eigenvalue weighted by Gasteiger charge is -2.09. The van der Waals surface area contributed by atoms with E-state index in [1.165, 1.54) is 5.56 Å². The molecule has 23 heavy (non-hydrogen) atoms. The van der Waals surface area contributed by atoms with E-state index >= 15 is 0 Å². The molecule has 2 aromatic carbocycles. The third-order valence-corrected chi connectivity index (χ3v) is 7.12. The molecule has 1 fully saturated rings. The monoisotopic (exact) mass is 330 g/mol. The summed E-state index contributed by atoms with van der Waals surface area (Å²) < 4.78 is 25.9. The molecule has 0 saturated heterocycles. The Labute approximate surface area is 137 Å². The first-order valence-corrected chi connectivity index (χ1v) is 9.36. The summed E-state index contributed by atoms with van der Waals surface area (Å²) in [5, 5.41) is -0.671. The van der Waals surface area contributed by atoms with Gasteiger partial charge in [0.1, 0.15) is 0 Å². The summed E-state index contributed by atoms with van der Waals surface area (Å²) in [6, 6.07) is 16.5. The standard InChI is InChI=1S/C18H22N2O2S/c1-2-13-8-10-14(11-9-13)16-17(18(16,20)12-19)23(21,22)15-6-4-3-5-7-15/h3-11,16-17H,2,12,19-20H2,1H3/t16-,17-,18+/m0/s1. The van der Waals surface area contributed by atoms with Crippen LogP contribution in [-0.2, 0) is 16.3 Å². The SMILES string of the molecule is CCc1ccc([C@H]2[C@H](S(=O)(=O)c3ccccc3)[C@@]2(N)CN)cc1. The zero-order chi connectivity index (χ0) is 16.7. The Bertz CT molecular complexity index is 788. The molecule has 4 N–H and O–H groups in total. The molecule has 122 valence electrons. The molecule has 0 spiro atoms. The average Bonchev–Trinajstić information content (AvgIpc) is 3.23. The normalized spacial score (nSPS) is 26.9. The number of nitrogens with two attached hydrogens (primary N) is 2. The minimum Gasteiger partial charge on any atom is -0.329 e. The second-order valence-electron chi connectivity index (χ2n) is 6.17. The number of hydrogen-bond donors (Lipinski definition) is 2. The molecule has 1 saturated carbocycles. The molecule has 5 heteroatoms. The maximum atomic E-state index is 12.9. The number of aryl methyl sites for hydroxylation is 1. The van der Waals surface area contributed by atoms with Crippen LogP contribution in [0.1, 0.15) is 24.0 Å². The van der Waals surface area contributed by atoms with Gasteiger partial charge in [-0.05, 0) is 29.7 Å². The molecule has 0 unspecified atom stereocenters. The Balaban J connectivity index is 1.98. The van der Waals surface area contributed by atoms with E-state index in [0.717, 1.165) is 12.0 Å². The van der Waals surface area contributed by atoms with Crippen LogP contribution in [0.2, 0.25) is 0 Å². The molecule has 0 heterocycles.